The Morgan fingerprint density at radius 1 is 1.10 bits per heavy atom. The summed E-state index contributed by atoms with van der Waals surface area (Å²) >= 11 is 0. The maximum absolute atomic E-state index is 11.1. The molecule has 1 aliphatic heterocycles. The number of hydrogen-bond acceptors (Lipinski definition) is 3. The van der Waals surface area contributed by atoms with Crippen molar-refractivity contribution in [3.63, 3.8) is 0 Å². The van der Waals surface area contributed by atoms with Crippen LogP contribution in [0.2, 0.25) is 0 Å². The van der Waals surface area contributed by atoms with Crippen molar-refractivity contribution in [1.82, 2.24) is 5.43 Å². The minimum Gasteiger partial charge on any atom is -0.508 e. The molecule has 21 heavy (non-hydrogen) atoms. The highest BCUT2D eigenvalue weighted by atomic mass is 16.3. The summed E-state index contributed by atoms with van der Waals surface area (Å²) in [6, 6.07) is 13.3. The number of nitrogens with zero attached hydrogens (tertiary/aromatic N) is 1. The van der Waals surface area contributed by atoms with Gasteiger partial charge in [0.2, 0.25) is 5.91 Å². The molecular weight excluding hydrogens is 264 g/mol. The minimum absolute atomic E-state index is 0.0353. The summed E-state index contributed by atoms with van der Waals surface area (Å²) in [5.74, 6) is 0.224. The van der Waals surface area contributed by atoms with Crippen LogP contribution in [0.1, 0.15) is 24.0 Å². The van der Waals surface area contributed by atoms with Crippen LogP contribution >= 0.6 is 0 Å². The van der Waals surface area contributed by atoms with Gasteiger partial charge in [0.25, 0.3) is 0 Å². The summed E-state index contributed by atoms with van der Waals surface area (Å²) in [5, 5.41) is 13.7. The first-order valence-corrected chi connectivity index (χ1v) is 6.89. The minimum atomic E-state index is -0.0353. The lowest BCUT2D eigenvalue weighted by molar-refractivity contribution is -0.121. The smallest absolute Gasteiger partial charge is 0.240 e. The van der Waals surface area contributed by atoms with E-state index < -0.39 is 0 Å². The molecule has 0 bridgehead atoms. The summed E-state index contributed by atoms with van der Waals surface area (Å²) in [5.41, 5.74) is 7.62. The van der Waals surface area contributed by atoms with Crippen molar-refractivity contribution in [1.29, 1.82) is 0 Å². The lowest BCUT2D eigenvalue weighted by Gasteiger charge is -2.14. The molecule has 0 radical (unpaired) electrons. The van der Waals surface area contributed by atoms with E-state index in [-0.39, 0.29) is 11.7 Å². The van der Waals surface area contributed by atoms with Crippen LogP contribution in [0.3, 0.4) is 0 Å². The molecule has 0 saturated carbocycles. The van der Waals surface area contributed by atoms with Crippen molar-refractivity contribution in [2.75, 3.05) is 0 Å². The molecule has 4 nitrogen and oxygen atoms in total. The number of nitrogens with one attached hydrogen (secondary N) is 1. The van der Waals surface area contributed by atoms with Crippen LogP contribution in [0.5, 0.6) is 5.75 Å². The molecule has 106 valence electrons. The number of carbonyl (C=O) groups excluding carboxylic acids is 1. The lowest BCUT2D eigenvalue weighted by Crippen LogP contribution is -2.25. The second kappa shape index (κ2) is 5.40. The van der Waals surface area contributed by atoms with Gasteiger partial charge in [-0.05, 0) is 47.4 Å². The fourth-order valence-electron chi connectivity index (χ4n) is 2.52. The number of carbonyl (C=O) groups is 1. The predicted molar refractivity (Wildman–Crippen MR) is 82.2 cm³/mol. The van der Waals surface area contributed by atoms with Crippen molar-refractivity contribution in [2.24, 2.45) is 5.10 Å². The Labute approximate surface area is 123 Å². The van der Waals surface area contributed by atoms with Crippen molar-refractivity contribution >= 4 is 11.6 Å². The van der Waals surface area contributed by atoms with Crippen LogP contribution in [0, 0.1) is 6.92 Å². The first-order valence-electron chi connectivity index (χ1n) is 6.89. The quantitative estimate of drug-likeness (QED) is 0.888. The summed E-state index contributed by atoms with van der Waals surface area (Å²) in [6.07, 6.45) is 1.14. The second-order valence-corrected chi connectivity index (χ2v) is 5.17. The lowest BCUT2D eigenvalue weighted by atomic mass is 9.95. The topological polar surface area (TPSA) is 61.7 Å². The van der Waals surface area contributed by atoms with E-state index in [0.29, 0.717) is 12.8 Å². The van der Waals surface area contributed by atoms with Crippen LogP contribution in [-0.2, 0) is 4.79 Å². The molecule has 0 spiro atoms. The largest absolute Gasteiger partial charge is 0.508 e. The van der Waals surface area contributed by atoms with E-state index >= 15 is 0 Å². The van der Waals surface area contributed by atoms with E-state index in [0.717, 1.165) is 28.0 Å². The van der Waals surface area contributed by atoms with Gasteiger partial charge in [-0.2, -0.15) is 5.10 Å². The molecule has 0 saturated heterocycles. The van der Waals surface area contributed by atoms with Gasteiger partial charge < -0.3 is 5.11 Å². The number of amides is 1. The van der Waals surface area contributed by atoms with Gasteiger partial charge in [-0.25, -0.2) is 5.43 Å². The predicted octanol–water partition coefficient (Wildman–Crippen LogP) is 2.98. The molecule has 0 aromatic heterocycles. The Balaban J connectivity index is 1.95. The van der Waals surface area contributed by atoms with Crippen molar-refractivity contribution < 1.29 is 9.90 Å². The summed E-state index contributed by atoms with van der Waals surface area (Å²) in [7, 11) is 0. The number of hydrogen-bond donors (Lipinski definition) is 2. The molecule has 0 unspecified atom stereocenters. The number of aromatic hydroxyl groups is 1. The van der Waals surface area contributed by atoms with Crippen LogP contribution in [0.4, 0.5) is 0 Å². The van der Waals surface area contributed by atoms with Crippen molar-refractivity contribution in [3.8, 4) is 16.9 Å². The van der Waals surface area contributed by atoms with E-state index in [9.17, 15) is 9.90 Å². The average molecular weight is 280 g/mol. The molecule has 1 aliphatic rings. The zero-order valence-electron chi connectivity index (χ0n) is 11.8. The van der Waals surface area contributed by atoms with Crippen molar-refractivity contribution in [2.45, 2.75) is 19.8 Å². The number of aryl methyl sites for hydroxylation is 1. The monoisotopic (exact) mass is 280 g/mol. The fraction of sp³-hybridized carbons (Fsp3) is 0.176. The molecule has 3 rings (SSSR count). The van der Waals surface area contributed by atoms with Crippen molar-refractivity contribution in [3.05, 3.63) is 53.6 Å². The van der Waals surface area contributed by atoms with E-state index in [1.165, 1.54) is 0 Å². The van der Waals surface area contributed by atoms with E-state index in [2.05, 4.69) is 16.6 Å². The molecule has 2 N–H and O–H groups in total. The third-order valence-electron chi connectivity index (χ3n) is 3.62. The van der Waals surface area contributed by atoms with Gasteiger partial charge in [0.05, 0.1) is 5.71 Å². The second-order valence-electron chi connectivity index (χ2n) is 5.17. The molecule has 2 aromatic rings. The first-order chi connectivity index (χ1) is 10.1. The number of phenols is 1. The molecule has 1 heterocycles. The highest BCUT2D eigenvalue weighted by Gasteiger charge is 2.14. The van der Waals surface area contributed by atoms with Crippen LogP contribution in [0.15, 0.2) is 47.6 Å². The number of benzene rings is 2. The highest BCUT2D eigenvalue weighted by Crippen LogP contribution is 2.27. The van der Waals surface area contributed by atoms with E-state index in [1.54, 1.807) is 12.1 Å². The van der Waals surface area contributed by atoms with Crippen LogP contribution in [0.25, 0.3) is 11.1 Å². The first kappa shape index (κ1) is 13.4. The zero-order chi connectivity index (χ0) is 14.8. The molecule has 2 aromatic carbocycles. The zero-order valence-corrected chi connectivity index (χ0v) is 11.8. The third-order valence-corrected chi connectivity index (χ3v) is 3.62. The summed E-state index contributed by atoms with van der Waals surface area (Å²) in [4.78, 5) is 11.1. The Morgan fingerprint density at radius 3 is 2.62 bits per heavy atom. The van der Waals surface area contributed by atoms with Gasteiger partial charge in [-0.15, -0.1) is 0 Å². The number of phenolic OH excluding ortho intramolecular Hbond substituents is 1. The molecule has 0 aliphatic carbocycles. The Kier molecular flexibility index (Phi) is 3.44. The van der Waals surface area contributed by atoms with Gasteiger partial charge >= 0.3 is 0 Å². The normalized spacial score (nSPS) is 14.5. The van der Waals surface area contributed by atoms with Crippen LogP contribution < -0.4 is 5.43 Å². The Bertz CT molecular complexity index is 735. The maximum atomic E-state index is 11.1. The third kappa shape index (κ3) is 2.79. The fourth-order valence-corrected chi connectivity index (χ4v) is 2.52. The van der Waals surface area contributed by atoms with Gasteiger partial charge in [-0.1, -0.05) is 24.3 Å². The van der Waals surface area contributed by atoms with E-state index in [4.69, 9.17) is 0 Å². The average Bonchev–Trinajstić information content (AvgIpc) is 2.48. The molecular formula is C17H16N2O2. The molecule has 0 atom stereocenters. The van der Waals surface area contributed by atoms with Gasteiger partial charge in [0.1, 0.15) is 5.75 Å². The maximum Gasteiger partial charge on any atom is 0.240 e. The molecule has 1 amide bonds. The van der Waals surface area contributed by atoms with Gasteiger partial charge in [-0.3, -0.25) is 4.79 Å². The van der Waals surface area contributed by atoms with Gasteiger partial charge in [0.15, 0.2) is 0 Å². The SMILES string of the molecule is Cc1cc(C2=NNC(=O)CC2)ccc1-c1cccc(O)c1. The highest BCUT2D eigenvalue weighted by molar-refractivity contribution is 6.04. The van der Waals surface area contributed by atoms with Crippen LogP contribution in [-0.4, -0.2) is 16.7 Å². The summed E-state index contributed by atoms with van der Waals surface area (Å²) in [6.45, 7) is 2.03. The summed E-state index contributed by atoms with van der Waals surface area (Å²) < 4.78 is 0. The van der Waals surface area contributed by atoms with E-state index in [1.807, 2.05) is 31.2 Å². The number of rotatable bonds is 2. The van der Waals surface area contributed by atoms with Gasteiger partial charge in [0, 0.05) is 12.8 Å². The molecule has 0 fully saturated rings. The standard InChI is InChI=1S/C17H16N2O2/c1-11-9-13(16-7-8-17(21)19-18-16)5-6-15(11)12-3-2-4-14(20)10-12/h2-6,9-10,20H,7-8H2,1H3,(H,19,21). The number of hydrazone groups is 1. The Hall–Kier alpha value is -2.62. The Morgan fingerprint density at radius 2 is 1.95 bits per heavy atom. The molecule has 4 heteroatoms.